The van der Waals surface area contributed by atoms with Gasteiger partial charge in [-0.3, -0.25) is 19.4 Å². The number of nitrogens with one attached hydrogen (secondary N) is 1. The number of benzene rings is 2. The summed E-state index contributed by atoms with van der Waals surface area (Å²) >= 11 is 12.3. The molecule has 0 saturated carbocycles. The molecule has 1 saturated heterocycles. The fraction of sp³-hybridized carbons (Fsp3) is 0.286. The molecule has 1 fully saturated rings. The molecule has 0 aliphatic carbocycles. The predicted molar refractivity (Wildman–Crippen MR) is 154 cm³/mol. The topological polar surface area (TPSA) is 143 Å². The van der Waals surface area contributed by atoms with Crippen molar-refractivity contribution in [3.63, 3.8) is 0 Å². The highest BCUT2D eigenvalue weighted by Crippen LogP contribution is 2.23. The molecule has 4 rings (SSSR count). The number of carbonyl (C=O) groups is 3. The van der Waals surface area contributed by atoms with Gasteiger partial charge in [0.25, 0.3) is 0 Å². The minimum atomic E-state index is -3.79. The average molecular weight is 619 g/mol. The quantitative estimate of drug-likeness (QED) is 0.338. The van der Waals surface area contributed by atoms with Crippen LogP contribution in [0.4, 0.5) is 0 Å². The van der Waals surface area contributed by atoms with E-state index in [-0.39, 0.29) is 55.2 Å². The van der Waals surface area contributed by atoms with E-state index >= 15 is 0 Å². The maximum Gasteiger partial charge on any atom is 0.246 e. The molecule has 0 spiro atoms. The van der Waals surface area contributed by atoms with Crippen molar-refractivity contribution >= 4 is 50.9 Å². The van der Waals surface area contributed by atoms with E-state index in [1.807, 2.05) is 0 Å². The highest BCUT2D eigenvalue weighted by atomic mass is 35.5. The van der Waals surface area contributed by atoms with Crippen LogP contribution in [0.5, 0.6) is 0 Å². The van der Waals surface area contributed by atoms with Crippen molar-refractivity contribution in [1.82, 2.24) is 20.1 Å². The first kappa shape index (κ1) is 30.4. The SMILES string of the molecule is NS(=O)(=O)c1ccc(CCNC(=O)CC2C(=O)N(CCc3ccc(Cl)cc3Cl)CC(=O)N2Cc2ccncc2)cc1. The molecule has 3 N–H and O–H groups in total. The van der Waals surface area contributed by atoms with Gasteiger partial charge in [-0.15, -0.1) is 0 Å². The van der Waals surface area contributed by atoms with E-state index in [9.17, 15) is 22.8 Å². The van der Waals surface area contributed by atoms with Gasteiger partial charge in [0.1, 0.15) is 6.04 Å². The number of rotatable bonds is 11. The smallest absolute Gasteiger partial charge is 0.246 e. The molecule has 1 aliphatic heterocycles. The van der Waals surface area contributed by atoms with Crippen LogP contribution in [0.15, 0.2) is 71.9 Å². The number of nitrogens with zero attached hydrogens (tertiary/aromatic N) is 3. The van der Waals surface area contributed by atoms with Gasteiger partial charge in [0.2, 0.25) is 27.7 Å². The van der Waals surface area contributed by atoms with Crippen LogP contribution >= 0.6 is 23.2 Å². The maximum absolute atomic E-state index is 13.6. The molecule has 0 radical (unpaired) electrons. The van der Waals surface area contributed by atoms with Crippen molar-refractivity contribution < 1.29 is 22.8 Å². The van der Waals surface area contributed by atoms with E-state index in [4.69, 9.17) is 28.3 Å². The molecular formula is C28H29Cl2N5O5S. The van der Waals surface area contributed by atoms with Gasteiger partial charge in [0.05, 0.1) is 17.9 Å². The second kappa shape index (κ2) is 13.4. The van der Waals surface area contributed by atoms with Crippen molar-refractivity contribution in [3.8, 4) is 0 Å². The third-order valence-corrected chi connectivity index (χ3v) is 8.27. The Morgan fingerprint density at radius 1 is 1.00 bits per heavy atom. The molecule has 1 unspecified atom stereocenters. The molecule has 13 heteroatoms. The molecule has 0 bridgehead atoms. The zero-order valence-corrected chi connectivity index (χ0v) is 24.3. The van der Waals surface area contributed by atoms with Crippen LogP contribution in [-0.2, 0) is 43.8 Å². The number of amides is 3. The summed E-state index contributed by atoms with van der Waals surface area (Å²) in [5, 5.41) is 8.90. The van der Waals surface area contributed by atoms with E-state index in [0.717, 1.165) is 16.7 Å². The number of aromatic nitrogens is 1. The normalized spacial score (nSPS) is 15.7. The van der Waals surface area contributed by atoms with Gasteiger partial charge in [-0.1, -0.05) is 41.4 Å². The number of hydrogen-bond acceptors (Lipinski definition) is 6. The highest BCUT2D eigenvalue weighted by Gasteiger charge is 2.40. The molecule has 3 aromatic rings. The fourth-order valence-corrected chi connectivity index (χ4v) is 5.56. The summed E-state index contributed by atoms with van der Waals surface area (Å²) in [6.07, 6.45) is 3.85. The van der Waals surface area contributed by atoms with Crippen LogP contribution in [0, 0.1) is 0 Å². The number of carbonyl (C=O) groups excluding carboxylic acids is 3. The maximum atomic E-state index is 13.6. The summed E-state index contributed by atoms with van der Waals surface area (Å²) in [4.78, 5) is 46.7. The lowest BCUT2D eigenvalue weighted by molar-refractivity contribution is -0.157. The lowest BCUT2D eigenvalue weighted by atomic mass is 10.0. The summed E-state index contributed by atoms with van der Waals surface area (Å²) in [5.41, 5.74) is 2.38. The van der Waals surface area contributed by atoms with Gasteiger partial charge in [0, 0.05) is 42.1 Å². The second-order valence-corrected chi connectivity index (χ2v) is 12.0. The third-order valence-electron chi connectivity index (χ3n) is 6.75. The first-order valence-electron chi connectivity index (χ1n) is 12.8. The Morgan fingerprint density at radius 3 is 2.37 bits per heavy atom. The second-order valence-electron chi connectivity index (χ2n) is 9.63. The van der Waals surface area contributed by atoms with Crippen LogP contribution in [-0.4, -0.2) is 66.6 Å². The minimum Gasteiger partial charge on any atom is -0.356 e. The summed E-state index contributed by atoms with van der Waals surface area (Å²) in [6.45, 7) is 0.563. The van der Waals surface area contributed by atoms with Gasteiger partial charge in [0.15, 0.2) is 0 Å². The minimum absolute atomic E-state index is 0.00272. The summed E-state index contributed by atoms with van der Waals surface area (Å²) in [6, 6.07) is 13.7. The van der Waals surface area contributed by atoms with Gasteiger partial charge in [-0.05, 0) is 65.9 Å². The Morgan fingerprint density at radius 2 is 1.71 bits per heavy atom. The molecule has 216 valence electrons. The van der Waals surface area contributed by atoms with Crippen molar-refractivity contribution in [2.45, 2.75) is 36.7 Å². The Bertz CT molecular complexity index is 1520. The third kappa shape index (κ3) is 8.26. The van der Waals surface area contributed by atoms with Gasteiger partial charge < -0.3 is 15.1 Å². The molecule has 10 nitrogen and oxygen atoms in total. The molecule has 1 aliphatic rings. The Labute approximate surface area is 248 Å². The standard InChI is InChI=1S/C28H29Cl2N5O5S/c29-22-4-3-21(24(30)15-22)10-14-34-18-27(37)35(17-20-7-11-32-12-8-20)25(28(34)38)16-26(36)33-13-9-19-1-5-23(6-2-19)41(31,39)40/h1-8,11-12,15,25H,9-10,13-14,16-18H2,(H,33,36)(H2,31,39,40). The van der Waals surface area contributed by atoms with Crippen LogP contribution in [0.25, 0.3) is 0 Å². The monoisotopic (exact) mass is 617 g/mol. The zero-order chi connectivity index (χ0) is 29.6. The number of sulfonamides is 1. The van der Waals surface area contributed by atoms with Crippen LogP contribution in [0.2, 0.25) is 10.0 Å². The van der Waals surface area contributed by atoms with Crippen molar-refractivity contribution in [3.05, 3.63) is 93.7 Å². The number of nitrogens with two attached hydrogens (primary N) is 1. The van der Waals surface area contributed by atoms with E-state index in [0.29, 0.717) is 22.9 Å². The lowest BCUT2D eigenvalue weighted by Crippen LogP contribution is -2.60. The Balaban J connectivity index is 1.42. The predicted octanol–water partition coefficient (Wildman–Crippen LogP) is 2.57. The fourth-order valence-electron chi connectivity index (χ4n) is 4.54. The summed E-state index contributed by atoms with van der Waals surface area (Å²) < 4.78 is 22.9. The number of halogens is 2. The number of piperazine rings is 1. The highest BCUT2D eigenvalue weighted by molar-refractivity contribution is 7.89. The zero-order valence-electron chi connectivity index (χ0n) is 22.0. The molecular weight excluding hydrogens is 589 g/mol. The molecule has 41 heavy (non-hydrogen) atoms. The van der Waals surface area contributed by atoms with E-state index in [2.05, 4.69) is 10.3 Å². The van der Waals surface area contributed by atoms with Gasteiger partial charge >= 0.3 is 0 Å². The number of pyridine rings is 1. The molecule has 1 aromatic heterocycles. The van der Waals surface area contributed by atoms with E-state index < -0.39 is 16.1 Å². The Hall–Kier alpha value is -3.51. The molecule has 2 aromatic carbocycles. The van der Waals surface area contributed by atoms with Crippen LogP contribution in [0.3, 0.4) is 0 Å². The lowest BCUT2D eigenvalue weighted by Gasteiger charge is -2.40. The first-order chi connectivity index (χ1) is 19.5. The van der Waals surface area contributed by atoms with E-state index in [1.54, 1.807) is 54.9 Å². The van der Waals surface area contributed by atoms with Crippen molar-refractivity contribution in [1.29, 1.82) is 0 Å². The first-order valence-corrected chi connectivity index (χ1v) is 15.1. The largest absolute Gasteiger partial charge is 0.356 e. The van der Waals surface area contributed by atoms with Gasteiger partial charge in [-0.2, -0.15) is 0 Å². The van der Waals surface area contributed by atoms with Crippen LogP contribution in [0.1, 0.15) is 23.1 Å². The van der Waals surface area contributed by atoms with Crippen molar-refractivity contribution in [2.24, 2.45) is 5.14 Å². The number of hydrogen-bond donors (Lipinski definition) is 2. The summed E-state index contributed by atoms with van der Waals surface area (Å²) in [5.74, 6) is -0.978. The molecule has 3 amide bonds. The van der Waals surface area contributed by atoms with Crippen molar-refractivity contribution in [2.75, 3.05) is 19.6 Å². The summed E-state index contributed by atoms with van der Waals surface area (Å²) in [7, 11) is -3.79. The Kier molecular flexibility index (Phi) is 9.98. The van der Waals surface area contributed by atoms with Crippen LogP contribution < -0.4 is 10.5 Å². The van der Waals surface area contributed by atoms with Gasteiger partial charge in [-0.25, -0.2) is 13.6 Å². The number of primary sulfonamides is 1. The van der Waals surface area contributed by atoms with E-state index in [1.165, 1.54) is 21.9 Å². The molecule has 1 atom stereocenters. The average Bonchev–Trinajstić information content (AvgIpc) is 2.93. The molecule has 2 heterocycles.